The molecule has 0 radical (unpaired) electrons. The van der Waals surface area contributed by atoms with Crippen molar-refractivity contribution < 1.29 is 27.1 Å². The number of ketones is 1. The van der Waals surface area contributed by atoms with Gasteiger partial charge < -0.3 is 9.47 Å². The van der Waals surface area contributed by atoms with Crippen LogP contribution in [0.25, 0.3) is 0 Å². The Morgan fingerprint density at radius 1 is 1.07 bits per heavy atom. The first-order chi connectivity index (χ1) is 12.8. The summed E-state index contributed by atoms with van der Waals surface area (Å²) in [7, 11) is -2.41. The average molecular weight is 392 g/mol. The lowest BCUT2D eigenvalue weighted by Gasteiger charge is -2.36. The summed E-state index contributed by atoms with van der Waals surface area (Å²) in [6, 6.07) is 9.39. The van der Waals surface area contributed by atoms with E-state index >= 15 is 0 Å². The summed E-state index contributed by atoms with van der Waals surface area (Å²) in [6.07, 6.45) is 1.03. The highest BCUT2D eigenvalue weighted by Crippen LogP contribution is 2.37. The molecule has 0 aromatic heterocycles. The van der Waals surface area contributed by atoms with Crippen LogP contribution in [0.1, 0.15) is 35.7 Å². The number of benzene rings is 2. The number of hydrogen-bond donors (Lipinski definition) is 0. The molecule has 0 bridgehead atoms. The van der Waals surface area contributed by atoms with E-state index in [1.807, 2.05) is 0 Å². The summed E-state index contributed by atoms with van der Waals surface area (Å²) in [5.41, 5.74) is 0.116. The monoisotopic (exact) mass is 392 g/mol. The molecule has 2 aromatic rings. The second-order valence-corrected chi connectivity index (χ2v) is 8.52. The number of methoxy groups -OCH3 is 1. The average Bonchev–Trinajstić information content (AvgIpc) is 2.68. The largest absolute Gasteiger partial charge is 0.381 e. The topological polar surface area (TPSA) is 69.7 Å². The van der Waals surface area contributed by atoms with Crippen molar-refractivity contribution in [3.8, 4) is 0 Å². The summed E-state index contributed by atoms with van der Waals surface area (Å²) in [5.74, 6) is -0.803. The molecule has 0 atom stereocenters. The Bertz CT molecular complexity index is 945. The Morgan fingerprint density at radius 3 is 2.26 bits per heavy atom. The lowest BCUT2D eigenvalue weighted by Crippen LogP contribution is -2.35. The van der Waals surface area contributed by atoms with Crippen LogP contribution in [-0.2, 0) is 24.9 Å². The Kier molecular flexibility index (Phi) is 5.46. The highest BCUT2D eigenvalue weighted by molar-refractivity contribution is 7.91. The van der Waals surface area contributed by atoms with Crippen LogP contribution < -0.4 is 0 Å². The van der Waals surface area contributed by atoms with Crippen LogP contribution in [0.3, 0.4) is 0 Å². The number of sulfone groups is 1. The van der Waals surface area contributed by atoms with Gasteiger partial charge in [0, 0.05) is 38.7 Å². The van der Waals surface area contributed by atoms with Crippen LogP contribution in [0.15, 0.2) is 52.3 Å². The van der Waals surface area contributed by atoms with Gasteiger partial charge in [0.2, 0.25) is 9.84 Å². The molecule has 1 saturated heterocycles. The van der Waals surface area contributed by atoms with E-state index in [0.717, 1.165) is 6.07 Å². The van der Waals surface area contributed by atoms with Crippen LogP contribution in [0.2, 0.25) is 0 Å². The Labute approximate surface area is 158 Å². The maximum absolute atomic E-state index is 14.3. The normalized spacial score (nSPS) is 16.9. The van der Waals surface area contributed by atoms with Crippen molar-refractivity contribution in [3.63, 3.8) is 0 Å². The van der Waals surface area contributed by atoms with E-state index in [2.05, 4.69) is 0 Å². The second kappa shape index (κ2) is 7.50. The van der Waals surface area contributed by atoms with Gasteiger partial charge in [0.25, 0.3) is 0 Å². The maximum atomic E-state index is 14.3. The number of carbonyl (C=O) groups is 1. The first-order valence-electron chi connectivity index (χ1n) is 8.58. The molecule has 0 amide bonds. The summed E-state index contributed by atoms with van der Waals surface area (Å²) in [6.45, 7) is 2.32. The van der Waals surface area contributed by atoms with Gasteiger partial charge in [-0.1, -0.05) is 12.1 Å². The van der Waals surface area contributed by atoms with Gasteiger partial charge in [-0.05, 0) is 42.8 Å². The predicted molar refractivity (Wildman–Crippen MR) is 97.0 cm³/mol. The second-order valence-electron chi connectivity index (χ2n) is 6.57. The first-order valence-corrected chi connectivity index (χ1v) is 10.1. The van der Waals surface area contributed by atoms with Crippen LogP contribution in [0, 0.1) is 5.82 Å². The van der Waals surface area contributed by atoms with Crippen LogP contribution in [-0.4, -0.2) is 34.5 Å². The SMILES string of the molecule is COC1(c2cc(F)cc(S(=O)(=O)c3ccc(C(C)=O)cc3)c2)CCOCC1. The minimum absolute atomic E-state index is 0.00231. The van der Waals surface area contributed by atoms with Crippen LogP contribution in [0.4, 0.5) is 4.39 Å². The first kappa shape index (κ1) is 19.7. The fourth-order valence-corrected chi connectivity index (χ4v) is 4.61. The van der Waals surface area contributed by atoms with Gasteiger partial charge in [-0.25, -0.2) is 12.8 Å². The fraction of sp³-hybridized carbons (Fsp3) is 0.350. The van der Waals surface area contributed by atoms with Crippen LogP contribution >= 0.6 is 0 Å². The molecule has 5 nitrogen and oxygen atoms in total. The number of halogens is 1. The zero-order valence-electron chi connectivity index (χ0n) is 15.2. The van der Waals surface area contributed by atoms with Crippen molar-refractivity contribution in [1.29, 1.82) is 0 Å². The van der Waals surface area contributed by atoms with E-state index in [9.17, 15) is 17.6 Å². The van der Waals surface area contributed by atoms with E-state index < -0.39 is 21.3 Å². The lowest BCUT2D eigenvalue weighted by atomic mass is 9.86. The molecule has 0 unspecified atom stereocenters. The van der Waals surface area contributed by atoms with Gasteiger partial charge >= 0.3 is 0 Å². The zero-order chi connectivity index (χ0) is 19.7. The molecular weight excluding hydrogens is 371 g/mol. The van der Waals surface area contributed by atoms with Gasteiger partial charge in [-0.15, -0.1) is 0 Å². The molecule has 1 fully saturated rings. The molecule has 0 saturated carbocycles. The van der Waals surface area contributed by atoms with Crippen LogP contribution in [0.5, 0.6) is 0 Å². The molecular formula is C20H21FO5S. The molecule has 2 aromatic carbocycles. The van der Waals surface area contributed by atoms with Crippen molar-refractivity contribution in [2.75, 3.05) is 20.3 Å². The van der Waals surface area contributed by atoms with Gasteiger partial charge in [0.15, 0.2) is 5.78 Å². The quantitative estimate of drug-likeness (QED) is 0.729. The third-order valence-electron chi connectivity index (χ3n) is 4.97. The summed E-state index contributed by atoms with van der Waals surface area (Å²) in [5, 5.41) is 0. The summed E-state index contributed by atoms with van der Waals surface area (Å²) in [4.78, 5) is 11.2. The van der Waals surface area contributed by atoms with E-state index in [0.29, 0.717) is 37.2 Å². The van der Waals surface area contributed by atoms with Crippen molar-refractivity contribution in [2.45, 2.75) is 35.2 Å². The summed E-state index contributed by atoms with van der Waals surface area (Å²) < 4.78 is 51.3. The number of rotatable bonds is 5. The predicted octanol–water partition coefficient (Wildman–Crippen LogP) is 3.51. The molecule has 1 aliphatic rings. The van der Waals surface area contributed by atoms with E-state index in [1.54, 1.807) is 0 Å². The van der Waals surface area contributed by atoms with E-state index in [-0.39, 0.29) is 15.6 Å². The van der Waals surface area contributed by atoms with Gasteiger partial charge in [-0.2, -0.15) is 0 Å². The molecule has 3 rings (SSSR count). The minimum Gasteiger partial charge on any atom is -0.381 e. The smallest absolute Gasteiger partial charge is 0.206 e. The molecule has 0 aliphatic carbocycles. The van der Waals surface area contributed by atoms with Crippen molar-refractivity contribution in [3.05, 3.63) is 59.4 Å². The lowest BCUT2D eigenvalue weighted by molar-refractivity contribution is -0.0950. The Hall–Kier alpha value is -2.09. The summed E-state index contributed by atoms with van der Waals surface area (Å²) >= 11 is 0. The molecule has 0 N–H and O–H groups in total. The van der Waals surface area contributed by atoms with Crippen molar-refractivity contribution >= 4 is 15.6 Å². The van der Waals surface area contributed by atoms with Gasteiger partial charge in [-0.3, -0.25) is 4.79 Å². The van der Waals surface area contributed by atoms with Gasteiger partial charge in [0.1, 0.15) is 5.82 Å². The molecule has 144 valence electrons. The third kappa shape index (κ3) is 3.81. The molecule has 7 heteroatoms. The van der Waals surface area contributed by atoms with Crippen molar-refractivity contribution in [2.24, 2.45) is 0 Å². The molecule has 1 aliphatic heterocycles. The third-order valence-corrected chi connectivity index (χ3v) is 6.72. The standard InChI is InChI=1S/C20H21FO5S/c1-14(22)15-3-5-18(6-4-15)27(23,24)19-12-16(11-17(21)13-19)20(25-2)7-9-26-10-8-20/h3-6,11-13H,7-10H2,1-2H3. The highest BCUT2D eigenvalue weighted by Gasteiger charge is 2.36. The van der Waals surface area contributed by atoms with E-state index in [4.69, 9.17) is 9.47 Å². The highest BCUT2D eigenvalue weighted by atomic mass is 32.2. The fourth-order valence-electron chi connectivity index (χ4n) is 3.30. The zero-order valence-corrected chi connectivity index (χ0v) is 16.0. The number of ether oxygens (including phenoxy) is 2. The molecule has 27 heavy (non-hydrogen) atoms. The Morgan fingerprint density at radius 2 is 1.70 bits per heavy atom. The molecule has 1 heterocycles. The maximum Gasteiger partial charge on any atom is 0.206 e. The number of hydrogen-bond acceptors (Lipinski definition) is 5. The van der Waals surface area contributed by atoms with Gasteiger partial charge in [0.05, 0.1) is 15.4 Å². The number of carbonyl (C=O) groups excluding carboxylic acids is 1. The number of Topliss-reactive ketones (excluding diaryl/α,β-unsaturated/α-hetero) is 1. The van der Waals surface area contributed by atoms with E-state index in [1.165, 1.54) is 50.4 Å². The Balaban J connectivity index is 2.06. The minimum atomic E-state index is -3.94. The molecule has 0 spiro atoms. The van der Waals surface area contributed by atoms with Crippen molar-refractivity contribution in [1.82, 2.24) is 0 Å².